The molecule has 0 bridgehead atoms. The van der Waals surface area contributed by atoms with Crippen LogP contribution in [0.1, 0.15) is 41.5 Å². The number of rotatable bonds is 34. The van der Waals surface area contributed by atoms with Crippen molar-refractivity contribution in [1.82, 2.24) is 21.3 Å². The average molecular weight is 1770 g/mol. The number of ether oxygens (including phenoxy) is 18. The summed E-state index contributed by atoms with van der Waals surface area (Å²) in [7, 11) is 0. The minimum absolute atomic E-state index is 0.877. The molecule has 0 saturated carbocycles. The summed E-state index contributed by atoms with van der Waals surface area (Å²) in [5.74, 6) is -3.92. The van der Waals surface area contributed by atoms with Crippen LogP contribution in [-0.4, -0.2) is 521 Å². The van der Waals surface area contributed by atoms with E-state index < -0.39 is 384 Å². The van der Waals surface area contributed by atoms with Crippen LogP contribution in [0.3, 0.4) is 0 Å². The molecule has 9 heterocycles. The van der Waals surface area contributed by atoms with Crippen LogP contribution in [0.25, 0.3) is 0 Å². The lowest BCUT2D eigenvalue weighted by Gasteiger charge is -2.52. The first-order valence-electron chi connectivity index (χ1n) is 38.8. The maximum absolute atomic E-state index is 13.7. The number of carbonyl (C=O) groups is 4. The van der Waals surface area contributed by atoms with Crippen molar-refractivity contribution < 1.29 is 242 Å². The van der Waals surface area contributed by atoms with Crippen LogP contribution in [0.5, 0.6) is 0 Å². The molecule has 9 fully saturated rings. The SMILES string of the molecule is CC(=O)N[C@H]1[C@H](O[C@H]2[C@@H](O)[C@@H](CO)O[C@@H](O[C@@H]3[C@@H](NC(C)=O)[C@H](O[C@H]4[C@@H](O)[C@@H](CO)O[C@@H](O[C@@H]([C@@H](O)[C@H](O)CO[C@@H]5O[C@H](CO)[C@@H](O)[C@H](O[C@@H]6O[C@H](CO)[C@H](O)[C@H](O)[C@H]6O)[C@H]5NC(C)=O)[C@H](CO)NC(C)=O)[C@@H]4O)O[C@H](CO)[C@H]3O[C@@H]3O[C@@H](C)[C@@H](O)[C@@H](O)[C@@H]3O)[C@@H]2O)O[C@H](CO)[C@@H](O[C@@H]2O[C@@H](C)[C@@H](O)[C@@H](O)[C@@H]2O)[C@@H]1O[C@@H]1O[C@H](CO)[C@H](O)[C@H](O)[C@H]1O. The van der Waals surface area contributed by atoms with Crippen LogP contribution < -0.4 is 21.3 Å². The molecule has 4 amide bonds. The van der Waals surface area contributed by atoms with Crippen molar-refractivity contribution in [1.29, 1.82) is 0 Å². The van der Waals surface area contributed by atoms with Crippen LogP contribution in [0, 0.1) is 0 Å². The van der Waals surface area contributed by atoms with Gasteiger partial charge in [-0.1, -0.05) is 0 Å². The van der Waals surface area contributed by atoms with Crippen molar-refractivity contribution in [3.8, 4) is 0 Å². The zero-order chi connectivity index (χ0) is 89.5. The van der Waals surface area contributed by atoms with Crippen molar-refractivity contribution in [2.24, 2.45) is 0 Å². The first-order valence-corrected chi connectivity index (χ1v) is 38.8. The van der Waals surface area contributed by atoms with Gasteiger partial charge in [0.05, 0.1) is 77.7 Å². The number of hydrogen-bond acceptors (Lipinski definition) is 49. The highest BCUT2D eigenvalue weighted by Crippen LogP contribution is 2.41. The van der Waals surface area contributed by atoms with Gasteiger partial charge < -0.3 is 244 Å². The van der Waals surface area contributed by atoms with E-state index in [0.717, 1.165) is 27.7 Å². The molecular weight excluding hydrogens is 1660 g/mol. The molecular formula is C68H116N4O49. The summed E-state index contributed by atoms with van der Waals surface area (Å²) in [5.41, 5.74) is 0. The molecule has 702 valence electrons. The average Bonchev–Trinajstić information content (AvgIpc) is 0.768. The fourth-order valence-electron chi connectivity index (χ4n) is 15.4. The number of amides is 4. The molecule has 0 spiro atoms. The number of aliphatic hydroxyl groups excluding tert-OH is 27. The quantitative estimate of drug-likeness (QED) is 0.0284. The zero-order valence-corrected chi connectivity index (χ0v) is 65.7. The monoisotopic (exact) mass is 1770 g/mol. The van der Waals surface area contributed by atoms with Crippen LogP contribution in [-0.2, 0) is 104 Å². The fourth-order valence-corrected chi connectivity index (χ4v) is 15.4. The Balaban J connectivity index is 1.04. The van der Waals surface area contributed by atoms with Gasteiger partial charge in [-0.25, -0.2) is 0 Å². The zero-order valence-electron chi connectivity index (χ0n) is 65.7. The van der Waals surface area contributed by atoms with Crippen molar-refractivity contribution >= 4 is 23.6 Å². The third-order valence-corrected chi connectivity index (χ3v) is 22.0. The lowest BCUT2D eigenvalue weighted by atomic mass is 9.93. The highest BCUT2D eigenvalue weighted by Gasteiger charge is 2.62. The molecule has 9 aliphatic rings. The Morgan fingerprint density at radius 3 is 0.934 bits per heavy atom. The number of hydrogen-bond donors (Lipinski definition) is 31. The lowest BCUT2D eigenvalue weighted by molar-refractivity contribution is -0.398. The molecule has 49 atom stereocenters. The second kappa shape index (κ2) is 44.4. The minimum Gasteiger partial charge on any atom is -0.394 e. The van der Waals surface area contributed by atoms with E-state index in [4.69, 9.17) is 85.3 Å². The molecule has 9 saturated heterocycles. The summed E-state index contributed by atoms with van der Waals surface area (Å²) in [5, 5.41) is 310. The highest BCUT2D eigenvalue weighted by atomic mass is 16.8. The van der Waals surface area contributed by atoms with Crippen LogP contribution in [0.4, 0.5) is 0 Å². The van der Waals surface area contributed by atoms with E-state index in [2.05, 4.69) is 21.3 Å². The Kier molecular flexibility index (Phi) is 37.0. The van der Waals surface area contributed by atoms with E-state index in [1.807, 2.05) is 0 Å². The predicted octanol–water partition coefficient (Wildman–Crippen LogP) is -20.5. The summed E-state index contributed by atoms with van der Waals surface area (Å²) in [6.07, 6.45) is -93.8. The molecule has 0 aromatic rings. The molecule has 31 N–H and O–H groups in total. The van der Waals surface area contributed by atoms with E-state index in [1.165, 1.54) is 13.8 Å². The second-order valence-electron chi connectivity index (χ2n) is 30.7. The van der Waals surface area contributed by atoms with Gasteiger partial charge in [0.25, 0.3) is 0 Å². The van der Waals surface area contributed by atoms with Gasteiger partial charge in [0, 0.05) is 27.7 Å². The van der Waals surface area contributed by atoms with Gasteiger partial charge in [-0.2, -0.15) is 0 Å². The Labute approximate surface area is 686 Å². The Bertz CT molecular complexity index is 3210. The summed E-state index contributed by atoms with van der Waals surface area (Å²) >= 11 is 0. The first-order chi connectivity index (χ1) is 57.1. The maximum Gasteiger partial charge on any atom is 0.217 e. The van der Waals surface area contributed by atoms with Crippen LogP contribution in [0.2, 0.25) is 0 Å². The van der Waals surface area contributed by atoms with Crippen LogP contribution >= 0.6 is 0 Å². The smallest absolute Gasteiger partial charge is 0.217 e. The standard InChI is InChI=1S/C68H116N4O49/c1-16-34(86)42(94)46(98)63(105-16)115-53-29(13-79)112-61(32(71-20(5)83)56(53)118-66-49(101)45(97)38(90)25(9-75)109-66)121-59-41(93)28(12-78)111-68(51(59)103)119-57-33(72-21(6)84)62(113-30(14-80)54(57)116-64-47(99)43(95)35(87)17(2)106-64)120-58-40(92)27(11-77)110-67(50(58)102)114-52(22(7-73)69-18(3)81)36(88)23(85)15-104-60-31(70-19(4)82)55(39(91)26(10-76)107-60)117-65-48(100)44(96)37(89)24(8-74)108-65/h16-17,22-68,73-80,85-103H,7-15H2,1-6H3,(H,69,81)(H,70,82)(H,71,83)(H,72,84)/t16-,17-,22-,23+,24+,25+,26+,27+,28+,29+,30+,31+,32+,33+,34+,35+,36-,37-,38-,39+,40-,41-,42+,43+,44-,45-,46-,47-,48+,49+,50+,51+,52+,53+,54+,55+,56+,57+,58-,59-,60+,61-,62-,63-,64-,65-,66-,67-,68-/m0/s1. The molecule has 9 rings (SSSR count). The van der Waals surface area contributed by atoms with Gasteiger partial charge in [-0.3, -0.25) is 19.2 Å². The van der Waals surface area contributed by atoms with Crippen molar-refractivity contribution in [3.05, 3.63) is 0 Å². The van der Waals surface area contributed by atoms with E-state index >= 15 is 0 Å². The number of nitrogens with one attached hydrogen (secondary N) is 4. The van der Waals surface area contributed by atoms with E-state index in [-0.39, 0.29) is 0 Å². The van der Waals surface area contributed by atoms with Gasteiger partial charge >= 0.3 is 0 Å². The summed E-state index contributed by atoms with van der Waals surface area (Å²) < 4.78 is 108. The summed E-state index contributed by atoms with van der Waals surface area (Å²) in [6, 6.07) is -7.83. The van der Waals surface area contributed by atoms with Crippen molar-refractivity contribution in [3.63, 3.8) is 0 Å². The van der Waals surface area contributed by atoms with E-state index in [0.29, 0.717) is 0 Å². The van der Waals surface area contributed by atoms with Gasteiger partial charge in [0.15, 0.2) is 56.6 Å². The third kappa shape index (κ3) is 22.9. The molecule has 0 aromatic heterocycles. The van der Waals surface area contributed by atoms with Gasteiger partial charge in [-0.05, 0) is 13.8 Å². The summed E-state index contributed by atoms with van der Waals surface area (Å²) in [6.45, 7) is -4.21. The van der Waals surface area contributed by atoms with Gasteiger partial charge in [0.1, 0.15) is 226 Å². The van der Waals surface area contributed by atoms with Crippen molar-refractivity contribution in [2.75, 3.05) is 59.5 Å². The third-order valence-electron chi connectivity index (χ3n) is 22.0. The predicted molar refractivity (Wildman–Crippen MR) is 375 cm³/mol. The highest BCUT2D eigenvalue weighted by molar-refractivity contribution is 5.74. The first kappa shape index (κ1) is 101. The normalized spacial score (nSPS) is 47.3. The van der Waals surface area contributed by atoms with Gasteiger partial charge in [-0.15, -0.1) is 0 Å². The maximum atomic E-state index is 13.7. The minimum atomic E-state index is -2.57. The Hall–Kier alpha value is -3.92. The van der Waals surface area contributed by atoms with Crippen LogP contribution in [0.15, 0.2) is 0 Å². The van der Waals surface area contributed by atoms with Gasteiger partial charge in [0.2, 0.25) is 23.6 Å². The number of aliphatic hydroxyl groups is 27. The Morgan fingerprint density at radius 2 is 0.579 bits per heavy atom. The molecule has 0 radical (unpaired) electrons. The number of carbonyl (C=O) groups excluding carboxylic acids is 4. The van der Waals surface area contributed by atoms with Crippen molar-refractivity contribution in [2.45, 2.75) is 342 Å². The van der Waals surface area contributed by atoms with E-state index in [9.17, 15) is 157 Å². The summed E-state index contributed by atoms with van der Waals surface area (Å²) in [4.78, 5) is 52.7. The largest absolute Gasteiger partial charge is 0.394 e. The topological polar surface area (TPSA) is 829 Å². The molecule has 0 aromatic carbocycles. The second-order valence-corrected chi connectivity index (χ2v) is 30.7. The lowest BCUT2D eigenvalue weighted by Crippen LogP contribution is -2.72. The Morgan fingerprint density at radius 1 is 0.298 bits per heavy atom. The molecule has 53 nitrogen and oxygen atoms in total. The molecule has 9 aliphatic heterocycles. The fraction of sp³-hybridized carbons (Fsp3) is 0.941. The molecule has 0 unspecified atom stereocenters. The molecule has 121 heavy (non-hydrogen) atoms. The van der Waals surface area contributed by atoms with E-state index in [1.54, 1.807) is 0 Å². The molecule has 0 aliphatic carbocycles. The molecule has 53 heteroatoms.